The molecular formula is C19H25F4N3O3S. The van der Waals surface area contributed by atoms with E-state index in [1.165, 1.54) is 6.07 Å². The van der Waals surface area contributed by atoms with E-state index in [-0.39, 0.29) is 43.7 Å². The summed E-state index contributed by atoms with van der Waals surface area (Å²) in [7, 11) is -4.11. The number of pyridine rings is 1. The number of halogens is 4. The second kappa shape index (κ2) is 8.07. The fraction of sp³-hybridized carbons (Fsp3) is 0.684. The van der Waals surface area contributed by atoms with Crippen LogP contribution in [0.2, 0.25) is 0 Å². The minimum absolute atomic E-state index is 0.0643. The molecule has 0 bridgehead atoms. The quantitative estimate of drug-likeness (QED) is 0.680. The summed E-state index contributed by atoms with van der Waals surface area (Å²) >= 11 is 0. The van der Waals surface area contributed by atoms with Gasteiger partial charge in [0.2, 0.25) is 17.8 Å². The molecule has 1 heterocycles. The van der Waals surface area contributed by atoms with Crippen molar-refractivity contribution in [2.24, 2.45) is 28.8 Å². The Kier molecular flexibility index (Phi) is 6.16. The highest BCUT2D eigenvalue weighted by atomic mass is 32.2. The van der Waals surface area contributed by atoms with E-state index in [1.54, 1.807) is 6.92 Å². The molecule has 1 aromatic heterocycles. The summed E-state index contributed by atoms with van der Waals surface area (Å²) in [6.45, 7) is 1.64. The summed E-state index contributed by atoms with van der Waals surface area (Å²) in [5.74, 6) is -8.78. The van der Waals surface area contributed by atoms with Crippen LogP contribution in [0, 0.1) is 23.7 Å². The number of anilines is 1. The lowest BCUT2D eigenvalue weighted by molar-refractivity contribution is -0.144. The van der Waals surface area contributed by atoms with Crippen LogP contribution in [-0.4, -0.2) is 31.2 Å². The zero-order chi connectivity index (χ0) is 22.3. The first kappa shape index (κ1) is 22.9. The Labute approximate surface area is 172 Å². The van der Waals surface area contributed by atoms with Crippen LogP contribution in [0.25, 0.3) is 0 Å². The number of hydrogen-bond acceptors (Lipinski definition) is 4. The molecule has 0 spiro atoms. The molecule has 2 aliphatic carbocycles. The molecule has 11 heteroatoms. The third-order valence-corrected chi connectivity index (χ3v) is 7.00. The van der Waals surface area contributed by atoms with Gasteiger partial charge in [-0.05, 0) is 36.7 Å². The van der Waals surface area contributed by atoms with Gasteiger partial charge in [0, 0.05) is 49.6 Å². The van der Waals surface area contributed by atoms with Gasteiger partial charge in [-0.2, -0.15) is 0 Å². The number of sulfonamides is 1. The van der Waals surface area contributed by atoms with E-state index >= 15 is 0 Å². The lowest BCUT2D eigenvalue weighted by Gasteiger charge is -2.45. The van der Waals surface area contributed by atoms with Gasteiger partial charge in [-0.15, -0.1) is 0 Å². The first-order chi connectivity index (χ1) is 13.8. The lowest BCUT2D eigenvalue weighted by atomic mass is 9.62. The van der Waals surface area contributed by atoms with Gasteiger partial charge in [0.15, 0.2) is 5.03 Å². The molecule has 3 atom stereocenters. The van der Waals surface area contributed by atoms with Crippen molar-refractivity contribution in [3.63, 3.8) is 0 Å². The van der Waals surface area contributed by atoms with E-state index in [4.69, 9.17) is 5.14 Å². The van der Waals surface area contributed by atoms with Crippen molar-refractivity contribution < 1.29 is 30.8 Å². The van der Waals surface area contributed by atoms with Gasteiger partial charge in [-0.25, -0.2) is 36.1 Å². The molecule has 0 aromatic carbocycles. The molecule has 2 fully saturated rings. The van der Waals surface area contributed by atoms with Crippen LogP contribution in [0.15, 0.2) is 23.4 Å². The standard InChI is InChI=1S/C19H25F4N3O3S/c1-11-9-19(22,23)10-14(16(11)12-2-5-18(20,21)6-3-12)17(27)26-13-4-7-25-15(8-13)30(24,28)29/h4,7-8,11-12,14,16H,2-3,5-6,9-10H2,1H3,(H2,24,28,29)(H,25,26,27). The van der Waals surface area contributed by atoms with Gasteiger partial charge in [-0.1, -0.05) is 6.92 Å². The van der Waals surface area contributed by atoms with Crippen molar-refractivity contribution in [1.82, 2.24) is 4.98 Å². The number of carbonyl (C=O) groups is 1. The fourth-order valence-corrected chi connectivity index (χ4v) is 5.43. The molecule has 0 saturated heterocycles. The topological polar surface area (TPSA) is 102 Å². The van der Waals surface area contributed by atoms with Gasteiger partial charge in [0.1, 0.15) is 0 Å². The Bertz CT molecular complexity index is 900. The van der Waals surface area contributed by atoms with E-state index < -0.39 is 57.0 Å². The molecule has 1 amide bonds. The van der Waals surface area contributed by atoms with Crippen molar-refractivity contribution in [1.29, 1.82) is 0 Å². The summed E-state index contributed by atoms with van der Waals surface area (Å²) in [5, 5.41) is 7.05. The molecule has 2 aliphatic rings. The number of hydrogen-bond donors (Lipinski definition) is 2. The summed E-state index contributed by atoms with van der Waals surface area (Å²) in [6.07, 6.45) is -0.188. The highest BCUT2D eigenvalue weighted by Gasteiger charge is 2.51. The summed E-state index contributed by atoms with van der Waals surface area (Å²) in [5.41, 5.74) is 0.0643. The zero-order valence-electron chi connectivity index (χ0n) is 16.5. The first-order valence-electron chi connectivity index (χ1n) is 9.83. The molecule has 0 radical (unpaired) electrons. The number of nitrogens with two attached hydrogens (primary N) is 1. The number of amides is 1. The minimum atomic E-state index is -4.11. The molecular weight excluding hydrogens is 426 g/mol. The minimum Gasteiger partial charge on any atom is -0.326 e. The van der Waals surface area contributed by atoms with Gasteiger partial charge in [-0.3, -0.25) is 4.79 Å². The smallest absolute Gasteiger partial charge is 0.255 e. The molecule has 168 valence electrons. The van der Waals surface area contributed by atoms with E-state index in [9.17, 15) is 30.8 Å². The highest BCUT2D eigenvalue weighted by molar-refractivity contribution is 7.89. The number of aromatic nitrogens is 1. The van der Waals surface area contributed by atoms with Crippen molar-refractivity contribution in [3.8, 4) is 0 Å². The third-order valence-electron chi connectivity index (χ3n) is 6.20. The Morgan fingerprint density at radius 3 is 2.40 bits per heavy atom. The predicted octanol–water partition coefficient (Wildman–Crippen LogP) is 3.79. The maximum absolute atomic E-state index is 14.3. The lowest BCUT2D eigenvalue weighted by Crippen LogP contribution is -2.47. The van der Waals surface area contributed by atoms with Crippen LogP contribution in [0.3, 0.4) is 0 Å². The average Bonchev–Trinajstić information content (AvgIpc) is 2.60. The normalized spacial score (nSPS) is 29.3. The second-order valence-electron chi connectivity index (χ2n) is 8.54. The van der Waals surface area contributed by atoms with Gasteiger partial charge < -0.3 is 5.32 Å². The molecule has 6 nitrogen and oxygen atoms in total. The number of nitrogens with one attached hydrogen (secondary N) is 1. The van der Waals surface area contributed by atoms with Crippen molar-refractivity contribution in [2.45, 2.75) is 62.3 Å². The Morgan fingerprint density at radius 1 is 1.17 bits per heavy atom. The summed E-state index contributed by atoms with van der Waals surface area (Å²) in [6, 6.07) is 2.38. The van der Waals surface area contributed by atoms with Crippen LogP contribution in [0.5, 0.6) is 0 Å². The maximum Gasteiger partial charge on any atom is 0.255 e. The maximum atomic E-state index is 14.3. The van der Waals surface area contributed by atoms with Gasteiger partial charge in [0.25, 0.3) is 10.0 Å². The molecule has 3 unspecified atom stereocenters. The van der Waals surface area contributed by atoms with Crippen LogP contribution < -0.4 is 10.5 Å². The monoisotopic (exact) mass is 451 g/mol. The number of nitrogens with zero attached hydrogens (tertiary/aromatic N) is 1. The molecule has 3 N–H and O–H groups in total. The first-order valence-corrected chi connectivity index (χ1v) is 11.4. The Morgan fingerprint density at radius 2 is 1.80 bits per heavy atom. The van der Waals surface area contributed by atoms with Crippen LogP contribution in [-0.2, 0) is 14.8 Å². The molecule has 30 heavy (non-hydrogen) atoms. The van der Waals surface area contributed by atoms with E-state index in [0.29, 0.717) is 0 Å². The number of carbonyl (C=O) groups excluding carboxylic acids is 1. The number of primary sulfonamides is 1. The molecule has 1 aromatic rings. The van der Waals surface area contributed by atoms with E-state index in [0.717, 1.165) is 12.3 Å². The van der Waals surface area contributed by atoms with Crippen LogP contribution >= 0.6 is 0 Å². The van der Waals surface area contributed by atoms with E-state index in [2.05, 4.69) is 10.3 Å². The largest absolute Gasteiger partial charge is 0.326 e. The van der Waals surface area contributed by atoms with Crippen molar-refractivity contribution in [2.75, 3.05) is 5.32 Å². The van der Waals surface area contributed by atoms with Crippen molar-refractivity contribution in [3.05, 3.63) is 18.3 Å². The summed E-state index contributed by atoms with van der Waals surface area (Å²) < 4.78 is 78.6. The summed E-state index contributed by atoms with van der Waals surface area (Å²) in [4.78, 5) is 16.6. The van der Waals surface area contributed by atoms with Gasteiger partial charge in [0.05, 0.1) is 0 Å². The third kappa shape index (κ3) is 5.29. The molecule has 2 saturated carbocycles. The molecule has 0 aliphatic heterocycles. The van der Waals surface area contributed by atoms with Gasteiger partial charge >= 0.3 is 0 Å². The Balaban J connectivity index is 1.83. The fourth-order valence-electron chi connectivity index (χ4n) is 4.93. The average molecular weight is 451 g/mol. The second-order valence-corrected chi connectivity index (χ2v) is 10.0. The number of rotatable bonds is 4. The van der Waals surface area contributed by atoms with Crippen LogP contribution in [0.4, 0.5) is 23.2 Å². The Hall–Kier alpha value is -1.75. The van der Waals surface area contributed by atoms with E-state index in [1.807, 2.05) is 0 Å². The highest BCUT2D eigenvalue weighted by Crippen LogP contribution is 2.51. The molecule has 3 rings (SSSR count). The van der Waals surface area contributed by atoms with Crippen LogP contribution in [0.1, 0.15) is 45.4 Å². The van der Waals surface area contributed by atoms with Crippen molar-refractivity contribution >= 4 is 21.6 Å². The number of alkyl halides is 4. The predicted molar refractivity (Wildman–Crippen MR) is 101 cm³/mol. The zero-order valence-corrected chi connectivity index (χ0v) is 17.3. The SMILES string of the molecule is CC1CC(F)(F)CC(C(=O)Nc2ccnc(S(N)(=O)=O)c2)C1C1CCC(F)(F)CC1.